The summed E-state index contributed by atoms with van der Waals surface area (Å²) in [5.74, 6) is 3.25. The Hall–Kier alpha value is -2.65. The lowest BCUT2D eigenvalue weighted by molar-refractivity contribution is 0.122. The highest BCUT2D eigenvalue weighted by Gasteiger charge is 2.19. The van der Waals surface area contributed by atoms with Crippen LogP contribution in [0.3, 0.4) is 0 Å². The number of aromatic nitrogens is 2. The van der Waals surface area contributed by atoms with E-state index < -0.39 is 0 Å². The van der Waals surface area contributed by atoms with Gasteiger partial charge in [0, 0.05) is 38.8 Å². The number of anilines is 3. The smallest absolute Gasteiger partial charge is 0.232 e. The Kier molecular flexibility index (Phi) is 7.95. The maximum atomic E-state index is 5.53. The number of morpholine rings is 1. The van der Waals surface area contributed by atoms with Gasteiger partial charge >= 0.3 is 0 Å². The predicted octanol–water partition coefficient (Wildman–Crippen LogP) is 3.19. The number of nitrogens with one attached hydrogen (secondary N) is 2. The van der Waals surface area contributed by atoms with Crippen LogP contribution in [0, 0.1) is 0 Å². The molecule has 0 saturated carbocycles. The molecule has 0 atom stereocenters. The number of nitrogens with zero attached hydrogens (tertiary/aromatic N) is 4. The summed E-state index contributed by atoms with van der Waals surface area (Å²) in [5, 5.41) is 6.95. The van der Waals surface area contributed by atoms with Crippen LogP contribution in [0.15, 0.2) is 30.3 Å². The molecule has 2 saturated heterocycles. The van der Waals surface area contributed by atoms with Crippen molar-refractivity contribution in [3.05, 3.63) is 35.9 Å². The van der Waals surface area contributed by atoms with Crippen molar-refractivity contribution < 1.29 is 9.47 Å². The number of benzene rings is 1. The molecule has 0 amide bonds. The number of rotatable bonds is 6. The molecule has 2 aromatic rings. The van der Waals surface area contributed by atoms with E-state index in [4.69, 9.17) is 31.7 Å². The summed E-state index contributed by atoms with van der Waals surface area (Å²) in [6.45, 7) is 5.75. The van der Waals surface area contributed by atoms with E-state index in [-0.39, 0.29) is 0 Å². The maximum absolute atomic E-state index is 5.53. The molecule has 0 spiro atoms. The molecule has 8 nitrogen and oxygen atoms in total. The number of methoxy groups -OCH3 is 1. The van der Waals surface area contributed by atoms with Crippen molar-refractivity contribution in [2.45, 2.75) is 32.2 Å². The van der Waals surface area contributed by atoms with E-state index >= 15 is 0 Å². The summed E-state index contributed by atoms with van der Waals surface area (Å²) in [5.41, 5.74) is 1.11. The van der Waals surface area contributed by atoms with E-state index in [2.05, 4.69) is 26.5 Å². The van der Waals surface area contributed by atoms with Crippen LogP contribution in [-0.2, 0) is 11.3 Å². The van der Waals surface area contributed by atoms with Crippen LogP contribution in [0.4, 0.5) is 17.6 Å². The van der Waals surface area contributed by atoms with Crippen LogP contribution in [-0.4, -0.2) is 61.6 Å². The minimum absolute atomic E-state index is 0.502. The molecule has 9 heteroatoms. The maximum Gasteiger partial charge on any atom is 0.232 e. The molecule has 0 aliphatic carbocycles. The molecule has 0 unspecified atom stereocenters. The zero-order valence-corrected chi connectivity index (χ0v) is 19.5. The lowest BCUT2D eigenvalue weighted by atomic mass is 10.2. The third-order valence-corrected chi connectivity index (χ3v) is 6.05. The van der Waals surface area contributed by atoms with E-state index in [1.807, 2.05) is 24.3 Å². The molecule has 2 fully saturated rings. The van der Waals surface area contributed by atoms with E-state index in [1.54, 1.807) is 7.11 Å². The summed E-state index contributed by atoms with van der Waals surface area (Å²) >= 11 is 5.53. The van der Waals surface area contributed by atoms with Crippen molar-refractivity contribution in [3.8, 4) is 5.75 Å². The quantitative estimate of drug-likeness (QED) is 0.638. The average Bonchev–Trinajstić information content (AvgIpc) is 3.13. The number of hydrogen-bond donors (Lipinski definition) is 2. The van der Waals surface area contributed by atoms with Gasteiger partial charge in [0.05, 0.1) is 20.3 Å². The highest BCUT2D eigenvalue weighted by atomic mass is 32.1. The monoisotopic (exact) mass is 456 g/mol. The first-order valence-electron chi connectivity index (χ1n) is 11.4. The lowest BCUT2D eigenvalue weighted by Crippen LogP contribution is -2.37. The molecule has 2 N–H and O–H groups in total. The highest BCUT2D eigenvalue weighted by Crippen LogP contribution is 2.24. The average molecular weight is 457 g/mol. The highest BCUT2D eigenvalue weighted by molar-refractivity contribution is 7.80. The second-order valence-corrected chi connectivity index (χ2v) is 8.47. The molecule has 2 aliphatic heterocycles. The third kappa shape index (κ3) is 6.20. The Bertz CT molecular complexity index is 881. The Balaban J connectivity index is 1.46. The van der Waals surface area contributed by atoms with Crippen LogP contribution < -0.4 is 25.2 Å². The first kappa shape index (κ1) is 22.5. The molecule has 1 aromatic heterocycles. The Labute approximate surface area is 195 Å². The number of thiocarbonyl (C=S) groups is 1. The standard InChI is InChI=1S/C23H32N6O2S/c1-30-19-8-6-18(7-9-19)17-24-23(32)27-22-25-20(28-10-4-2-3-5-11-28)16-21(26-22)29-12-14-31-15-13-29/h6-9,16H,2-5,10-15,17H2,1H3,(H2,24,25,26,27,32). The van der Waals surface area contributed by atoms with Gasteiger partial charge in [-0.3, -0.25) is 0 Å². The van der Waals surface area contributed by atoms with Crippen molar-refractivity contribution in [1.82, 2.24) is 15.3 Å². The van der Waals surface area contributed by atoms with Gasteiger partial charge in [0.1, 0.15) is 17.4 Å². The topological polar surface area (TPSA) is 74.8 Å². The van der Waals surface area contributed by atoms with Crippen molar-refractivity contribution in [3.63, 3.8) is 0 Å². The fraction of sp³-hybridized carbons (Fsp3) is 0.522. The fourth-order valence-corrected chi connectivity index (χ4v) is 4.13. The van der Waals surface area contributed by atoms with E-state index in [0.717, 1.165) is 49.1 Å². The second-order valence-electron chi connectivity index (χ2n) is 8.06. The van der Waals surface area contributed by atoms with Crippen LogP contribution in [0.25, 0.3) is 0 Å². The molecule has 0 radical (unpaired) electrons. The Morgan fingerprint density at radius 1 is 0.969 bits per heavy atom. The summed E-state index contributed by atoms with van der Waals surface area (Å²) in [4.78, 5) is 14.2. The first-order valence-corrected chi connectivity index (χ1v) is 11.8. The molecule has 4 rings (SSSR count). The molecule has 32 heavy (non-hydrogen) atoms. The SMILES string of the molecule is COc1ccc(CNC(=S)Nc2nc(N3CCCCCC3)cc(N3CCOCC3)n2)cc1. The predicted molar refractivity (Wildman–Crippen MR) is 132 cm³/mol. The zero-order valence-electron chi connectivity index (χ0n) is 18.7. The van der Waals surface area contributed by atoms with Crippen LogP contribution >= 0.6 is 12.2 Å². The van der Waals surface area contributed by atoms with E-state index in [1.165, 1.54) is 25.7 Å². The van der Waals surface area contributed by atoms with E-state index in [0.29, 0.717) is 30.8 Å². The van der Waals surface area contributed by atoms with Gasteiger partial charge in [0.2, 0.25) is 5.95 Å². The normalized spacial score (nSPS) is 16.9. The number of hydrogen-bond acceptors (Lipinski definition) is 7. The molecular weight excluding hydrogens is 424 g/mol. The largest absolute Gasteiger partial charge is 0.497 e. The van der Waals surface area contributed by atoms with Gasteiger partial charge in [-0.05, 0) is 42.8 Å². The Morgan fingerprint density at radius 3 is 2.22 bits per heavy atom. The van der Waals surface area contributed by atoms with Gasteiger partial charge < -0.3 is 29.9 Å². The lowest BCUT2D eigenvalue weighted by Gasteiger charge is -2.29. The minimum atomic E-state index is 0.502. The molecule has 0 bridgehead atoms. The number of ether oxygens (including phenoxy) is 2. The summed E-state index contributed by atoms with van der Waals surface area (Å²) in [6, 6.07) is 10.0. The molecule has 172 valence electrons. The van der Waals surface area contributed by atoms with Crippen molar-refractivity contribution in [1.29, 1.82) is 0 Å². The molecule has 1 aromatic carbocycles. The second kappa shape index (κ2) is 11.3. The molecular formula is C23H32N6O2S. The van der Waals surface area contributed by atoms with E-state index in [9.17, 15) is 0 Å². The molecule has 2 aliphatic rings. The van der Waals surface area contributed by atoms with Crippen molar-refractivity contribution in [2.75, 3.05) is 61.6 Å². The van der Waals surface area contributed by atoms with Gasteiger partial charge in [-0.2, -0.15) is 9.97 Å². The van der Waals surface area contributed by atoms with Gasteiger partial charge in [-0.15, -0.1) is 0 Å². The van der Waals surface area contributed by atoms with Gasteiger partial charge in [-0.25, -0.2) is 0 Å². The van der Waals surface area contributed by atoms with Gasteiger partial charge in [0.25, 0.3) is 0 Å². The Morgan fingerprint density at radius 2 is 1.59 bits per heavy atom. The fourth-order valence-electron chi connectivity index (χ4n) is 3.97. The summed E-state index contributed by atoms with van der Waals surface area (Å²) in [6.07, 6.45) is 4.95. The van der Waals surface area contributed by atoms with Gasteiger partial charge in [-0.1, -0.05) is 25.0 Å². The van der Waals surface area contributed by atoms with Crippen LogP contribution in [0.2, 0.25) is 0 Å². The van der Waals surface area contributed by atoms with Gasteiger partial charge in [0.15, 0.2) is 5.11 Å². The van der Waals surface area contributed by atoms with Crippen molar-refractivity contribution in [2.24, 2.45) is 0 Å². The van der Waals surface area contributed by atoms with Crippen LogP contribution in [0.1, 0.15) is 31.2 Å². The third-order valence-electron chi connectivity index (χ3n) is 5.80. The van der Waals surface area contributed by atoms with Crippen LogP contribution in [0.5, 0.6) is 5.75 Å². The summed E-state index contributed by atoms with van der Waals surface area (Å²) < 4.78 is 10.7. The van der Waals surface area contributed by atoms with Crippen molar-refractivity contribution >= 4 is 34.9 Å². The zero-order chi connectivity index (χ0) is 22.2. The molecule has 3 heterocycles. The minimum Gasteiger partial charge on any atom is -0.497 e. The summed E-state index contributed by atoms with van der Waals surface area (Å²) in [7, 11) is 1.66. The first-order chi connectivity index (χ1) is 15.7.